The normalized spacial score (nSPS) is 30.8. The molecule has 56 valence electrons. The van der Waals surface area contributed by atoms with E-state index in [2.05, 4.69) is 13.0 Å². The Balaban J connectivity index is 1.93. The molecule has 10 heavy (non-hydrogen) atoms. The molecule has 0 aromatic carbocycles. The highest BCUT2D eigenvalue weighted by Crippen LogP contribution is 2.33. The molecule has 1 rings (SSSR count). The molecule has 1 aliphatic rings. The van der Waals surface area contributed by atoms with Crippen LogP contribution in [0.2, 0.25) is 0 Å². The van der Waals surface area contributed by atoms with E-state index in [0.717, 1.165) is 19.6 Å². The Morgan fingerprint density at radius 1 is 1.90 bits per heavy atom. The minimum absolute atomic E-state index is 0.148. The Labute approximate surface area is 62.9 Å². The summed E-state index contributed by atoms with van der Waals surface area (Å²) in [5.41, 5.74) is 0. The molecule has 0 saturated carbocycles. The van der Waals surface area contributed by atoms with Crippen molar-refractivity contribution in [3.05, 3.63) is 0 Å². The maximum Gasteiger partial charge on any atom is 0.116 e. The maximum atomic E-state index is 8.39. The largest absolute Gasteiger partial charge is 0.346 e. The molecule has 0 spiro atoms. The third-order valence-corrected chi connectivity index (χ3v) is 2.31. The zero-order chi connectivity index (χ0) is 7.40. The lowest BCUT2D eigenvalue weighted by Gasteiger charge is -1.99. The van der Waals surface area contributed by atoms with Crippen molar-refractivity contribution in [2.45, 2.75) is 19.4 Å². The first-order chi connectivity index (χ1) is 4.88. The van der Waals surface area contributed by atoms with Gasteiger partial charge in [0.15, 0.2) is 0 Å². The van der Waals surface area contributed by atoms with Crippen LogP contribution in [0.5, 0.6) is 0 Å². The molecule has 0 aromatic rings. The topological polar surface area (TPSA) is 36.0 Å². The fourth-order valence-corrected chi connectivity index (χ4v) is 1.47. The lowest BCUT2D eigenvalue weighted by molar-refractivity contribution is 0.349. The first-order valence-corrected chi connectivity index (χ1v) is 4.27. The Hall–Kier alpha value is -0.160. The molecule has 4 heteroatoms. The van der Waals surface area contributed by atoms with Crippen molar-refractivity contribution in [3.63, 3.8) is 0 Å². The predicted octanol–water partition coefficient (Wildman–Crippen LogP) is 1.13. The van der Waals surface area contributed by atoms with Gasteiger partial charge in [0.25, 0.3) is 0 Å². The Bertz CT molecular complexity index is 145. The highest BCUT2D eigenvalue weighted by atomic mass is 31.1. The van der Waals surface area contributed by atoms with Crippen molar-refractivity contribution in [2.75, 3.05) is 13.2 Å². The summed E-state index contributed by atoms with van der Waals surface area (Å²) in [5, 5.41) is 8.39. The molecule has 1 aliphatic heterocycles. The van der Waals surface area contributed by atoms with E-state index in [0.29, 0.717) is 8.96 Å². The van der Waals surface area contributed by atoms with Crippen LogP contribution in [-0.4, -0.2) is 23.9 Å². The van der Waals surface area contributed by atoms with Crippen LogP contribution < -0.4 is 0 Å². The van der Waals surface area contributed by atoms with Crippen LogP contribution in [0.4, 0.5) is 0 Å². The van der Waals surface area contributed by atoms with Gasteiger partial charge in [-0.05, 0) is 6.42 Å². The maximum absolute atomic E-state index is 8.39. The average molecular weight is 158 g/mol. The molecule has 1 heterocycles. The van der Waals surface area contributed by atoms with Crippen molar-refractivity contribution in [1.82, 2.24) is 4.67 Å². The Morgan fingerprint density at radius 3 is 3.20 bits per heavy atom. The minimum atomic E-state index is 0.148. The van der Waals surface area contributed by atoms with E-state index in [4.69, 9.17) is 9.79 Å². The quantitative estimate of drug-likeness (QED) is 0.349. The molecular weight excluding hydrogens is 147 g/mol. The molecule has 3 atom stereocenters. The molecule has 3 nitrogen and oxygen atoms in total. The lowest BCUT2D eigenvalue weighted by atomic mass is 10.5. The highest BCUT2D eigenvalue weighted by Gasteiger charge is 2.33. The number of nitrogens with zero attached hydrogens (tertiary/aromatic N) is 2. The zero-order valence-electron chi connectivity index (χ0n) is 6.00. The summed E-state index contributed by atoms with van der Waals surface area (Å²) in [6, 6.07) is 2.32. The summed E-state index contributed by atoms with van der Waals surface area (Å²) in [6.07, 6.45) is 1.05. The summed E-state index contributed by atoms with van der Waals surface area (Å²) in [5.74, 6) is 0. The molecule has 1 fully saturated rings. The van der Waals surface area contributed by atoms with E-state index in [-0.39, 0.29) is 6.04 Å². The Kier molecular flexibility index (Phi) is 3.08. The number of hydrogen-bond acceptors (Lipinski definition) is 3. The van der Waals surface area contributed by atoms with Gasteiger partial charge in [-0.1, -0.05) is 6.92 Å². The van der Waals surface area contributed by atoms with Gasteiger partial charge in [0.1, 0.15) is 6.04 Å². The van der Waals surface area contributed by atoms with Crippen LogP contribution in [0.15, 0.2) is 0 Å². The molecule has 1 saturated heterocycles. The second-order valence-electron chi connectivity index (χ2n) is 2.24. The summed E-state index contributed by atoms with van der Waals surface area (Å²) in [6.45, 7) is 3.79. The van der Waals surface area contributed by atoms with E-state index in [1.54, 1.807) is 0 Å². The van der Waals surface area contributed by atoms with Crippen LogP contribution in [0.3, 0.4) is 0 Å². The first kappa shape index (κ1) is 7.94. The van der Waals surface area contributed by atoms with Crippen molar-refractivity contribution < 1.29 is 4.52 Å². The van der Waals surface area contributed by atoms with Gasteiger partial charge in [-0.2, -0.15) is 5.26 Å². The van der Waals surface area contributed by atoms with Crippen LogP contribution >= 0.6 is 8.96 Å². The highest BCUT2D eigenvalue weighted by molar-refractivity contribution is 7.29. The molecule has 0 bridgehead atoms. The van der Waals surface area contributed by atoms with E-state index in [1.165, 1.54) is 0 Å². The molecule has 0 radical (unpaired) electrons. The second kappa shape index (κ2) is 3.88. The smallest absolute Gasteiger partial charge is 0.116 e. The van der Waals surface area contributed by atoms with Gasteiger partial charge >= 0.3 is 0 Å². The van der Waals surface area contributed by atoms with Crippen molar-refractivity contribution in [2.24, 2.45) is 0 Å². The van der Waals surface area contributed by atoms with Gasteiger partial charge in [0.2, 0.25) is 0 Å². The molecule has 0 N–H and O–H groups in total. The standard InChI is InChI=1S/C6H11N2OP/c1-2-3-9-10-8-5-6(8)4-7/h6,10H,2-3,5H2,1H3. The minimum Gasteiger partial charge on any atom is -0.346 e. The zero-order valence-corrected chi connectivity index (χ0v) is 7.00. The van der Waals surface area contributed by atoms with Gasteiger partial charge in [0, 0.05) is 6.54 Å². The van der Waals surface area contributed by atoms with Gasteiger partial charge < -0.3 is 4.52 Å². The van der Waals surface area contributed by atoms with Gasteiger partial charge in [-0.3, -0.25) is 0 Å². The first-order valence-electron chi connectivity index (χ1n) is 3.42. The fraction of sp³-hybridized carbons (Fsp3) is 0.833. The molecule has 0 amide bonds. The van der Waals surface area contributed by atoms with Crippen LogP contribution in [0.25, 0.3) is 0 Å². The monoisotopic (exact) mass is 158 g/mol. The number of hydrogen-bond donors (Lipinski definition) is 0. The molecule has 0 aromatic heterocycles. The average Bonchev–Trinajstić information content (AvgIpc) is 2.68. The van der Waals surface area contributed by atoms with Crippen LogP contribution in [-0.2, 0) is 4.52 Å². The fourth-order valence-electron chi connectivity index (χ4n) is 0.581. The van der Waals surface area contributed by atoms with E-state index >= 15 is 0 Å². The summed E-state index contributed by atoms with van der Waals surface area (Å²) in [4.78, 5) is 0. The third-order valence-electron chi connectivity index (χ3n) is 1.25. The summed E-state index contributed by atoms with van der Waals surface area (Å²) >= 11 is 0. The summed E-state index contributed by atoms with van der Waals surface area (Å²) in [7, 11) is 0.405. The predicted molar refractivity (Wildman–Crippen MR) is 40.7 cm³/mol. The van der Waals surface area contributed by atoms with E-state index in [1.807, 2.05) is 4.67 Å². The SMILES string of the molecule is CCCOPN1CC1C#N. The second-order valence-corrected chi connectivity index (χ2v) is 3.28. The molecule has 3 unspecified atom stereocenters. The van der Waals surface area contributed by atoms with Crippen LogP contribution in [0, 0.1) is 11.3 Å². The van der Waals surface area contributed by atoms with Crippen LogP contribution in [0.1, 0.15) is 13.3 Å². The third kappa shape index (κ3) is 2.22. The van der Waals surface area contributed by atoms with Gasteiger partial charge in [0.05, 0.1) is 21.6 Å². The Morgan fingerprint density at radius 2 is 2.70 bits per heavy atom. The summed E-state index contributed by atoms with van der Waals surface area (Å²) < 4.78 is 7.26. The lowest BCUT2D eigenvalue weighted by Crippen LogP contribution is -1.88. The van der Waals surface area contributed by atoms with Crippen molar-refractivity contribution >= 4 is 8.96 Å². The molecular formula is C6H11N2OP. The van der Waals surface area contributed by atoms with E-state index in [9.17, 15) is 0 Å². The van der Waals surface area contributed by atoms with Crippen molar-refractivity contribution in [1.29, 1.82) is 5.26 Å². The van der Waals surface area contributed by atoms with Gasteiger partial charge in [-0.15, -0.1) is 0 Å². The molecule has 0 aliphatic carbocycles. The van der Waals surface area contributed by atoms with Gasteiger partial charge in [-0.25, -0.2) is 4.67 Å². The number of nitriles is 1. The van der Waals surface area contributed by atoms with Crippen molar-refractivity contribution in [3.8, 4) is 6.07 Å². The number of rotatable bonds is 4. The van der Waals surface area contributed by atoms with E-state index < -0.39 is 0 Å².